The fourth-order valence-electron chi connectivity index (χ4n) is 4.81. The molecule has 2 aromatic rings. The highest BCUT2D eigenvalue weighted by molar-refractivity contribution is 8.04. The lowest BCUT2D eigenvalue weighted by Crippen LogP contribution is -2.28. The summed E-state index contributed by atoms with van der Waals surface area (Å²) in [6, 6.07) is 19.9. The second kappa shape index (κ2) is 16.9. The Kier molecular flexibility index (Phi) is 12.7. The van der Waals surface area contributed by atoms with E-state index in [2.05, 4.69) is 22.8 Å². The quantitative estimate of drug-likeness (QED) is 0.105. The van der Waals surface area contributed by atoms with Crippen LogP contribution in [0.15, 0.2) is 115 Å². The first-order valence-corrected chi connectivity index (χ1v) is 16.4. The molecule has 0 radical (unpaired) electrons. The SMILES string of the molecule is CCOC(=O)/C(Sc1ccccc1)=C1\C=C(NCCNC2=C/C(=C(/Sc3ccccc3)C(=O)OCC)CCC2)CCC1. The summed E-state index contributed by atoms with van der Waals surface area (Å²) >= 11 is 2.95. The van der Waals surface area contributed by atoms with Crippen molar-refractivity contribution in [1.29, 1.82) is 0 Å². The molecular weight excluding hydrogens is 565 g/mol. The molecule has 2 aromatic carbocycles. The van der Waals surface area contributed by atoms with Gasteiger partial charge in [-0.15, -0.1) is 0 Å². The van der Waals surface area contributed by atoms with E-state index < -0.39 is 0 Å². The average molecular weight is 605 g/mol. The van der Waals surface area contributed by atoms with Gasteiger partial charge in [-0.1, -0.05) is 59.9 Å². The van der Waals surface area contributed by atoms with E-state index in [4.69, 9.17) is 9.47 Å². The van der Waals surface area contributed by atoms with Gasteiger partial charge in [-0.3, -0.25) is 0 Å². The zero-order valence-corrected chi connectivity index (χ0v) is 26.1. The largest absolute Gasteiger partial charge is 0.462 e. The fourth-order valence-corrected chi connectivity index (χ4v) is 6.74. The molecule has 0 heterocycles. The van der Waals surface area contributed by atoms with Crippen LogP contribution in [0.1, 0.15) is 52.4 Å². The van der Waals surface area contributed by atoms with E-state index in [1.165, 1.54) is 23.5 Å². The lowest BCUT2D eigenvalue weighted by molar-refractivity contribution is -0.138. The van der Waals surface area contributed by atoms with E-state index in [-0.39, 0.29) is 11.9 Å². The number of nitrogens with one attached hydrogen (secondary N) is 2. The molecule has 42 heavy (non-hydrogen) atoms. The lowest BCUT2D eigenvalue weighted by Gasteiger charge is -2.21. The highest BCUT2D eigenvalue weighted by atomic mass is 32.2. The molecule has 2 N–H and O–H groups in total. The van der Waals surface area contributed by atoms with Crippen molar-refractivity contribution in [3.8, 4) is 0 Å². The van der Waals surface area contributed by atoms with Crippen molar-refractivity contribution in [1.82, 2.24) is 10.6 Å². The Morgan fingerprint density at radius 1 is 0.643 bits per heavy atom. The van der Waals surface area contributed by atoms with Crippen molar-refractivity contribution in [2.45, 2.75) is 62.2 Å². The number of thioether (sulfide) groups is 2. The summed E-state index contributed by atoms with van der Waals surface area (Å²) in [6.45, 7) is 5.88. The molecule has 6 nitrogen and oxygen atoms in total. The highest BCUT2D eigenvalue weighted by Crippen LogP contribution is 2.36. The number of hydrogen-bond acceptors (Lipinski definition) is 8. The number of carbonyl (C=O) groups excluding carboxylic acids is 2. The summed E-state index contributed by atoms with van der Waals surface area (Å²) in [7, 11) is 0. The first-order chi connectivity index (χ1) is 20.6. The van der Waals surface area contributed by atoms with Gasteiger partial charge in [-0.25, -0.2) is 9.59 Å². The Labute approximate surface area is 258 Å². The van der Waals surface area contributed by atoms with E-state index in [1.54, 1.807) is 0 Å². The van der Waals surface area contributed by atoms with Crippen LogP contribution in [-0.2, 0) is 19.1 Å². The van der Waals surface area contributed by atoms with Crippen molar-refractivity contribution in [2.24, 2.45) is 0 Å². The zero-order chi connectivity index (χ0) is 29.6. The van der Waals surface area contributed by atoms with Crippen LogP contribution in [0.2, 0.25) is 0 Å². The van der Waals surface area contributed by atoms with Gasteiger partial charge in [0.2, 0.25) is 0 Å². The van der Waals surface area contributed by atoms with Crippen molar-refractivity contribution in [3.05, 3.63) is 105 Å². The minimum Gasteiger partial charge on any atom is -0.462 e. The molecule has 0 bridgehead atoms. The molecule has 2 aliphatic carbocycles. The summed E-state index contributed by atoms with van der Waals surface area (Å²) < 4.78 is 10.8. The van der Waals surface area contributed by atoms with Crippen LogP contribution in [0.25, 0.3) is 0 Å². The number of esters is 2. The zero-order valence-electron chi connectivity index (χ0n) is 24.4. The number of benzene rings is 2. The standard InChI is InChI=1S/C34H40N2O4S2/c1-3-39-33(37)31(41-29-17-7-5-8-18-29)25-13-11-15-27(23-25)35-21-22-36-28-16-12-14-26(24-28)32(34(38)40-4-2)42-30-19-9-6-10-20-30/h5-10,17-20,23-24,35-36H,3-4,11-16,21-22H2,1-2H3/b31-25+,32-26+. The maximum absolute atomic E-state index is 12.8. The summed E-state index contributed by atoms with van der Waals surface area (Å²) in [6.07, 6.45) is 9.81. The molecule has 0 atom stereocenters. The fraction of sp³-hybridized carbons (Fsp3) is 0.353. The minimum absolute atomic E-state index is 0.263. The molecule has 0 saturated heterocycles. The normalized spacial score (nSPS) is 17.4. The molecule has 0 saturated carbocycles. The topological polar surface area (TPSA) is 76.7 Å². The van der Waals surface area contributed by atoms with E-state index in [1.807, 2.05) is 74.5 Å². The molecule has 222 valence electrons. The molecule has 2 aliphatic rings. The summed E-state index contributed by atoms with van der Waals surface area (Å²) in [5.41, 5.74) is 4.32. The average Bonchev–Trinajstić information content (AvgIpc) is 3.02. The lowest BCUT2D eigenvalue weighted by atomic mass is 9.98. The first kappa shape index (κ1) is 31.6. The Hall–Kier alpha value is -3.36. The van der Waals surface area contributed by atoms with Gasteiger partial charge in [0.25, 0.3) is 0 Å². The molecule has 0 amide bonds. The molecule has 0 aromatic heterocycles. The molecule has 0 aliphatic heterocycles. The van der Waals surface area contributed by atoms with Gasteiger partial charge in [0.05, 0.1) is 13.2 Å². The smallest absolute Gasteiger partial charge is 0.345 e. The molecule has 0 fully saturated rings. The van der Waals surface area contributed by atoms with Gasteiger partial charge in [-0.2, -0.15) is 0 Å². The van der Waals surface area contributed by atoms with Crippen LogP contribution >= 0.6 is 23.5 Å². The molecule has 0 unspecified atom stereocenters. The molecule has 4 rings (SSSR count). The minimum atomic E-state index is -0.263. The third-order valence-corrected chi connectivity index (χ3v) is 9.02. The number of carbonyl (C=O) groups is 2. The Morgan fingerprint density at radius 3 is 1.43 bits per heavy atom. The Balaban J connectivity index is 1.41. The number of allylic oxidation sites excluding steroid dienone is 6. The highest BCUT2D eigenvalue weighted by Gasteiger charge is 2.21. The van der Waals surface area contributed by atoms with Crippen LogP contribution in [0, 0.1) is 0 Å². The van der Waals surface area contributed by atoms with Gasteiger partial charge in [0, 0.05) is 34.3 Å². The van der Waals surface area contributed by atoms with Crippen LogP contribution in [0.3, 0.4) is 0 Å². The van der Waals surface area contributed by atoms with Gasteiger partial charge < -0.3 is 20.1 Å². The summed E-state index contributed by atoms with van der Waals surface area (Å²) in [5, 5.41) is 7.14. The first-order valence-electron chi connectivity index (χ1n) is 14.7. The molecule has 0 spiro atoms. The monoisotopic (exact) mass is 604 g/mol. The third-order valence-electron chi connectivity index (χ3n) is 6.74. The Morgan fingerprint density at radius 2 is 1.05 bits per heavy atom. The van der Waals surface area contributed by atoms with E-state index in [0.717, 1.165) is 83.9 Å². The van der Waals surface area contributed by atoms with Gasteiger partial charge in [0.15, 0.2) is 0 Å². The van der Waals surface area contributed by atoms with E-state index >= 15 is 0 Å². The molecular formula is C34H40N2O4S2. The molecule has 8 heteroatoms. The van der Waals surface area contributed by atoms with E-state index in [9.17, 15) is 9.59 Å². The van der Waals surface area contributed by atoms with Crippen LogP contribution in [-0.4, -0.2) is 38.2 Å². The predicted octanol–water partition coefficient (Wildman–Crippen LogP) is 7.52. The second-order valence-corrected chi connectivity index (χ2v) is 12.0. The Bertz CT molecular complexity index is 1230. The number of ether oxygens (including phenoxy) is 2. The van der Waals surface area contributed by atoms with Crippen molar-refractivity contribution < 1.29 is 19.1 Å². The summed E-state index contributed by atoms with van der Waals surface area (Å²) in [5.74, 6) is -0.526. The van der Waals surface area contributed by atoms with E-state index in [0.29, 0.717) is 23.0 Å². The van der Waals surface area contributed by atoms with Crippen molar-refractivity contribution >= 4 is 35.5 Å². The third kappa shape index (κ3) is 9.60. The summed E-state index contributed by atoms with van der Waals surface area (Å²) in [4.78, 5) is 29.1. The van der Waals surface area contributed by atoms with Crippen LogP contribution in [0.4, 0.5) is 0 Å². The second-order valence-electron chi connectivity index (χ2n) is 9.88. The van der Waals surface area contributed by atoms with Crippen molar-refractivity contribution in [2.75, 3.05) is 26.3 Å². The van der Waals surface area contributed by atoms with Crippen LogP contribution in [0.5, 0.6) is 0 Å². The predicted molar refractivity (Wildman–Crippen MR) is 172 cm³/mol. The number of rotatable bonds is 13. The number of hydrogen-bond donors (Lipinski definition) is 2. The van der Waals surface area contributed by atoms with Gasteiger partial charge in [0.1, 0.15) is 9.81 Å². The maximum atomic E-state index is 12.8. The van der Waals surface area contributed by atoms with Crippen LogP contribution < -0.4 is 10.6 Å². The maximum Gasteiger partial charge on any atom is 0.345 e. The van der Waals surface area contributed by atoms with Crippen molar-refractivity contribution in [3.63, 3.8) is 0 Å². The van der Waals surface area contributed by atoms with Gasteiger partial charge in [-0.05, 0) is 99.9 Å². The van der Waals surface area contributed by atoms with Gasteiger partial charge >= 0.3 is 11.9 Å².